The number of aromatic hydroxyl groups is 4. The van der Waals surface area contributed by atoms with Crippen LogP contribution in [0.1, 0.15) is 0 Å². The van der Waals surface area contributed by atoms with Crippen LogP contribution in [0.2, 0.25) is 0 Å². The van der Waals surface area contributed by atoms with E-state index in [4.69, 9.17) is 0 Å². The van der Waals surface area contributed by atoms with Crippen LogP contribution in [0.3, 0.4) is 0 Å². The van der Waals surface area contributed by atoms with Crippen molar-refractivity contribution in [1.29, 1.82) is 0 Å². The van der Waals surface area contributed by atoms with E-state index in [9.17, 15) is 20.4 Å². The summed E-state index contributed by atoms with van der Waals surface area (Å²) >= 11 is 0. The van der Waals surface area contributed by atoms with Gasteiger partial charge in [0.15, 0.2) is 0 Å². The quantitative estimate of drug-likeness (QED) is 0.628. The second kappa shape index (κ2) is 4.14. The summed E-state index contributed by atoms with van der Waals surface area (Å²) in [6.45, 7) is 0. The van der Waals surface area contributed by atoms with Crippen molar-refractivity contribution >= 4 is 22.0 Å². The van der Waals surface area contributed by atoms with E-state index in [1.54, 1.807) is 0 Å². The summed E-state index contributed by atoms with van der Waals surface area (Å²) in [5.74, 6) is -0.496. The maximum Gasteiger partial charge on any atom is 0.205 e. The largest absolute Gasteiger partial charge is 0.494 e. The fourth-order valence-corrected chi connectivity index (χ4v) is 3.02. The predicted molar refractivity (Wildman–Crippen MR) is 61.5 cm³/mol. The van der Waals surface area contributed by atoms with Crippen LogP contribution in [-0.2, 0) is 0 Å². The fourth-order valence-electron chi connectivity index (χ4n) is 1.02. The van der Waals surface area contributed by atoms with Crippen LogP contribution in [0.25, 0.3) is 0 Å². The van der Waals surface area contributed by atoms with Crippen molar-refractivity contribution in [2.24, 2.45) is 0 Å². The monoisotopic (exact) mass is 260 g/mol. The topological polar surface area (TPSA) is 90.8 Å². The van der Waals surface area contributed by atoms with Crippen LogP contribution in [0.15, 0.2) is 24.3 Å². The van der Waals surface area contributed by atoms with E-state index in [-0.39, 0.29) is 23.5 Å². The van der Waals surface area contributed by atoms with Gasteiger partial charge in [-0.15, -0.1) is 0 Å². The third-order valence-corrected chi connectivity index (χ3v) is 3.99. The van der Waals surface area contributed by atoms with Gasteiger partial charge in [0, 0.05) is 24.3 Å². The summed E-state index contributed by atoms with van der Waals surface area (Å²) in [7, 11) is 1.89. The van der Waals surface area contributed by atoms with Gasteiger partial charge < -0.3 is 20.4 Å². The van der Waals surface area contributed by atoms with Crippen molar-refractivity contribution in [2.75, 3.05) is 0 Å². The molecule has 0 saturated heterocycles. The Bertz CT molecular complexity index is 423. The highest BCUT2D eigenvalue weighted by atomic mass is 33.1. The molecular weight excluding hydrogens is 252 g/mol. The molecule has 4 N–H and O–H groups in total. The third kappa shape index (κ3) is 1.89. The molecule has 86 valence electrons. The smallest absolute Gasteiger partial charge is 0.205 e. The number of hydrogen-bond acceptors (Lipinski definition) is 6. The Morgan fingerprint density at radius 3 is 1.12 bits per heavy atom. The molecule has 2 aromatic heterocycles. The van der Waals surface area contributed by atoms with Gasteiger partial charge in [-0.25, -0.2) is 7.94 Å². The predicted octanol–water partition coefficient (Wildman–Crippen LogP) is 1.72. The van der Waals surface area contributed by atoms with Crippen molar-refractivity contribution in [3.8, 4) is 23.5 Å². The lowest BCUT2D eigenvalue weighted by atomic mass is 10.6. The summed E-state index contributed by atoms with van der Waals surface area (Å²) in [5, 5.41) is 37.3. The number of hydrogen-bond donors (Lipinski definition) is 4. The molecular formula is C8H8N2O4S2. The molecule has 16 heavy (non-hydrogen) atoms. The third-order valence-electron chi connectivity index (χ3n) is 1.78. The van der Waals surface area contributed by atoms with Gasteiger partial charge in [-0.2, -0.15) is 0 Å². The molecule has 0 aromatic carbocycles. The Balaban J connectivity index is 2.14. The van der Waals surface area contributed by atoms with Gasteiger partial charge in [0.25, 0.3) is 0 Å². The standard InChI is InChI=1S/C8H8N2O4S2/c11-5-1-2-6(12)9(5)15-16-10-7(13)3-4-8(10)14/h1-4,11-14H. The van der Waals surface area contributed by atoms with Gasteiger partial charge >= 0.3 is 0 Å². The molecule has 0 unspecified atom stereocenters. The maximum absolute atomic E-state index is 9.33. The van der Waals surface area contributed by atoms with E-state index in [1.165, 1.54) is 24.3 Å². The van der Waals surface area contributed by atoms with Crippen molar-refractivity contribution in [2.45, 2.75) is 0 Å². The lowest BCUT2D eigenvalue weighted by molar-refractivity contribution is 0.414. The molecule has 0 bridgehead atoms. The maximum atomic E-state index is 9.33. The summed E-state index contributed by atoms with van der Waals surface area (Å²) in [4.78, 5) is 0. The average Bonchev–Trinajstić information content (AvgIpc) is 2.72. The van der Waals surface area contributed by atoms with Crippen molar-refractivity contribution in [3.05, 3.63) is 24.3 Å². The first kappa shape index (κ1) is 11.0. The molecule has 0 aliphatic carbocycles. The second-order valence-electron chi connectivity index (χ2n) is 2.84. The minimum atomic E-state index is -0.124. The Morgan fingerprint density at radius 1 is 0.625 bits per heavy atom. The van der Waals surface area contributed by atoms with Crippen LogP contribution >= 0.6 is 22.0 Å². The van der Waals surface area contributed by atoms with Gasteiger partial charge in [0.2, 0.25) is 23.5 Å². The molecule has 0 spiro atoms. The van der Waals surface area contributed by atoms with Crippen LogP contribution in [0, 0.1) is 0 Å². The first-order chi connectivity index (χ1) is 7.59. The van der Waals surface area contributed by atoms with Gasteiger partial charge in [-0.3, -0.25) is 0 Å². The molecule has 8 heteroatoms. The van der Waals surface area contributed by atoms with Crippen LogP contribution in [-0.4, -0.2) is 28.4 Å². The van der Waals surface area contributed by atoms with Crippen LogP contribution in [0.5, 0.6) is 23.5 Å². The summed E-state index contributed by atoms with van der Waals surface area (Å²) in [5.41, 5.74) is 0. The molecule has 2 heterocycles. The van der Waals surface area contributed by atoms with E-state index in [2.05, 4.69) is 0 Å². The lowest BCUT2D eigenvalue weighted by Gasteiger charge is -2.06. The Kier molecular flexibility index (Phi) is 2.84. The van der Waals surface area contributed by atoms with Crippen LogP contribution < -0.4 is 0 Å². The summed E-state index contributed by atoms with van der Waals surface area (Å²) in [6, 6.07) is 5.33. The SMILES string of the molecule is Oc1ccc(O)n1SSn1c(O)ccc1O. The minimum Gasteiger partial charge on any atom is -0.494 e. The average molecular weight is 260 g/mol. The molecule has 6 nitrogen and oxygen atoms in total. The molecule has 0 aliphatic rings. The number of nitrogens with zero attached hydrogens (tertiary/aromatic N) is 2. The van der Waals surface area contributed by atoms with Crippen molar-refractivity contribution in [1.82, 2.24) is 7.94 Å². The normalized spacial score (nSPS) is 10.8. The Labute approximate surface area is 98.4 Å². The van der Waals surface area contributed by atoms with Gasteiger partial charge in [-0.1, -0.05) is 0 Å². The zero-order valence-corrected chi connectivity index (χ0v) is 9.44. The summed E-state index contributed by atoms with van der Waals surface area (Å²) in [6.07, 6.45) is 0. The zero-order valence-electron chi connectivity index (χ0n) is 7.81. The number of rotatable bonds is 3. The van der Waals surface area contributed by atoms with E-state index < -0.39 is 0 Å². The highest BCUT2D eigenvalue weighted by Crippen LogP contribution is 2.39. The fraction of sp³-hybridized carbons (Fsp3) is 0. The lowest BCUT2D eigenvalue weighted by Crippen LogP contribution is -1.86. The molecule has 2 aromatic rings. The highest BCUT2D eigenvalue weighted by Gasteiger charge is 2.11. The zero-order chi connectivity index (χ0) is 11.7. The van der Waals surface area contributed by atoms with Crippen molar-refractivity contribution in [3.63, 3.8) is 0 Å². The molecule has 0 atom stereocenters. The molecule has 0 amide bonds. The molecule has 0 radical (unpaired) electrons. The van der Waals surface area contributed by atoms with Gasteiger partial charge in [-0.05, 0) is 0 Å². The minimum absolute atomic E-state index is 0.124. The Hall–Kier alpha value is -1.54. The summed E-state index contributed by atoms with van der Waals surface area (Å²) < 4.78 is 2.28. The first-order valence-corrected chi connectivity index (χ1v) is 6.21. The molecule has 0 aliphatic heterocycles. The Morgan fingerprint density at radius 2 is 0.875 bits per heavy atom. The second-order valence-corrected chi connectivity index (χ2v) is 4.76. The van der Waals surface area contributed by atoms with Gasteiger partial charge in [0.1, 0.15) is 0 Å². The van der Waals surface area contributed by atoms with E-state index >= 15 is 0 Å². The number of aromatic nitrogens is 2. The first-order valence-electron chi connectivity index (χ1n) is 4.14. The van der Waals surface area contributed by atoms with E-state index in [0.29, 0.717) is 0 Å². The molecule has 0 saturated carbocycles. The van der Waals surface area contributed by atoms with E-state index in [0.717, 1.165) is 29.9 Å². The molecule has 2 rings (SSSR count). The van der Waals surface area contributed by atoms with E-state index in [1.807, 2.05) is 0 Å². The van der Waals surface area contributed by atoms with Gasteiger partial charge in [0.05, 0.1) is 22.0 Å². The van der Waals surface area contributed by atoms with Crippen molar-refractivity contribution < 1.29 is 20.4 Å². The molecule has 0 fully saturated rings. The highest BCUT2D eigenvalue weighted by molar-refractivity contribution is 8.75. The van der Waals surface area contributed by atoms with Crippen LogP contribution in [0.4, 0.5) is 0 Å².